The van der Waals surface area contributed by atoms with Crippen LogP contribution in [0.2, 0.25) is 0 Å². The van der Waals surface area contributed by atoms with E-state index in [1.807, 2.05) is 24.3 Å². The molecule has 1 amide bonds. The van der Waals surface area contributed by atoms with E-state index in [1.54, 1.807) is 0 Å². The molecule has 1 aliphatic heterocycles. The summed E-state index contributed by atoms with van der Waals surface area (Å²) in [6, 6.07) is 10.2. The van der Waals surface area contributed by atoms with E-state index in [4.69, 9.17) is 0 Å². The highest BCUT2D eigenvalue weighted by atomic mass is 16.2. The predicted molar refractivity (Wildman–Crippen MR) is 105 cm³/mol. The zero-order valence-electron chi connectivity index (χ0n) is 16.1. The van der Waals surface area contributed by atoms with Crippen molar-refractivity contribution in [2.75, 3.05) is 31.1 Å². The van der Waals surface area contributed by atoms with Crippen LogP contribution in [-0.2, 0) is 4.79 Å². The average molecular weight is 364 g/mol. The maximum atomic E-state index is 13.6. The second-order valence-corrected chi connectivity index (χ2v) is 9.46. The fraction of sp³-hybridized carbons (Fsp3) is 0.652. The topological polar surface area (TPSA) is 47.3 Å². The molecule has 1 heterocycles. The van der Waals surface area contributed by atoms with Crippen LogP contribution in [0.25, 0.3) is 0 Å². The molecule has 5 aliphatic rings. The highest BCUT2D eigenvalue weighted by molar-refractivity contribution is 5.83. The predicted octanol–water partition coefficient (Wildman–Crippen LogP) is 3.81. The van der Waals surface area contributed by atoms with Crippen LogP contribution in [0, 0.1) is 34.5 Å². The van der Waals surface area contributed by atoms with Crippen LogP contribution >= 0.6 is 0 Å². The summed E-state index contributed by atoms with van der Waals surface area (Å²) in [7, 11) is 0. The maximum Gasteiger partial charge on any atom is 0.228 e. The Bertz CT molecular complexity index is 745. The van der Waals surface area contributed by atoms with Crippen molar-refractivity contribution in [1.82, 2.24) is 4.90 Å². The maximum absolute atomic E-state index is 13.6. The van der Waals surface area contributed by atoms with Crippen molar-refractivity contribution in [2.24, 2.45) is 23.2 Å². The first-order valence-electron chi connectivity index (χ1n) is 10.7. The van der Waals surface area contributed by atoms with Crippen LogP contribution in [0.4, 0.5) is 5.69 Å². The van der Waals surface area contributed by atoms with Crippen molar-refractivity contribution >= 4 is 11.6 Å². The molecule has 4 aliphatic carbocycles. The van der Waals surface area contributed by atoms with Crippen molar-refractivity contribution in [3.63, 3.8) is 0 Å². The summed E-state index contributed by atoms with van der Waals surface area (Å²) in [5.41, 5.74) is 1.72. The number of nitriles is 1. The molecule has 0 atom stereocenters. The lowest BCUT2D eigenvalue weighted by atomic mass is 9.49. The van der Waals surface area contributed by atoms with Gasteiger partial charge >= 0.3 is 0 Å². The van der Waals surface area contributed by atoms with Crippen molar-refractivity contribution in [2.45, 2.75) is 44.9 Å². The Hall–Kier alpha value is -2.02. The zero-order chi connectivity index (χ0) is 18.4. The lowest BCUT2D eigenvalue weighted by Gasteiger charge is -2.56. The first-order chi connectivity index (χ1) is 13.2. The highest BCUT2D eigenvalue weighted by Gasteiger charge is 2.55. The fourth-order valence-corrected chi connectivity index (χ4v) is 6.91. The summed E-state index contributed by atoms with van der Waals surface area (Å²) in [4.78, 5) is 18.1. The van der Waals surface area contributed by atoms with Gasteiger partial charge in [0.25, 0.3) is 0 Å². The van der Waals surface area contributed by atoms with Crippen LogP contribution < -0.4 is 4.90 Å². The SMILES string of the molecule is N#Cc1ccccc1N1CCCN(C(=O)C23CC4CC(CC(C4)C2)C3)CC1. The molecule has 0 spiro atoms. The van der Waals surface area contributed by atoms with Crippen LogP contribution in [-0.4, -0.2) is 37.0 Å². The molecule has 0 unspecified atom stereocenters. The molecule has 27 heavy (non-hydrogen) atoms. The first-order valence-corrected chi connectivity index (χ1v) is 10.7. The molecule has 5 fully saturated rings. The van der Waals surface area contributed by atoms with Crippen LogP contribution in [0.15, 0.2) is 24.3 Å². The lowest BCUT2D eigenvalue weighted by Crippen LogP contribution is -2.55. The molecule has 6 rings (SSSR count). The Balaban J connectivity index is 1.31. The Labute approximate surface area is 162 Å². The minimum atomic E-state index is -0.0333. The smallest absolute Gasteiger partial charge is 0.228 e. The molecular formula is C23H29N3O. The van der Waals surface area contributed by atoms with E-state index < -0.39 is 0 Å². The molecule has 4 bridgehead atoms. The number of carbonyl (C=O) groups excluding carboxylic acids is 1. The van der Waals surface area contributed by atoms with Gasteiger partial charge in [-0.2, -0.15) is 5.26 Å². The zero-order valence-corrected chi connectivity index (χ0v) is 16.1. The van der Waals surface area contributed by atoms with Gasteiger partial charge in [0, 0.05) is 26.2 Å². The number of rotatable bonds is 2. The lowest BCUT2D eigenvalue weighted by molar-refractivity contribution is -0.157. The summed E-state index contributed by atoms with van der Waals surface area (Å²) >= 11 is 0. The summed E-state index contributed by atoms with van der Waals surface area (Å²) < 4.78 is 0. The molecule has 4 nitrogen and oxygen atoms in total. The number of hydrogen-bond acceptors (Lipinski definition) is 3. The second kappa shape index (κ2) is 6.55. The molecule has 0 aromatic heterocycles. The number of benzene rings is 1. The van der Waals surface area contributed by atoms with E-state index in [2.05, 4.69) is 15.9 Å². The van der Waals surface area contributed by atoms with Gasteiger partial charge in [-0.15, -0.1) is 0 Å². The van der Waals surface area contributed by atoms with Gasteiger partial charge in [0.1, 0.15) is 6.07 Å². The standard InChI is InChI=1S/C23H29N3O/c24-16-20-4-1-2-5-21(20)25-6-3-7-26(9-8-25)22(27)23-13-17-10-18(14-23)12-19(11-17)15-23/h1-2,4-5,17-19H,3,6-15H2. The van der Waals surface area contributed by atoms with Crippen molar-refractivity contribution in [1.29, 1.82) is 5.26 Å². The van der Waals surface area contributed by atoms with E-state index in [9.17, 15) is 10.1 Å². The molecular weight excluding hydrogens is 334 g/mol. The summed E-state index contributed by atoms with van der Waals surface area (Å²) in [5, 5.41) is 9.41. The molecule has 1 aromatic carbocycles. The first kappa shape index (κ1) is 17.1. The third-order valence-corrected chi connectivity index (χ3v) is 7.64. The third-order valence-electron chi connectivity index (χ3n) is 7.64. The fourth-order valence-electron chi connectivity index (χ4n) is 6.91. The van der Waals surface area contributed by atoms with Crippen LogP contribution in [0.5, 0.6) is 0 Å². The number of hydrogen-bond donors (Lipinski definition) is 0. The monoisotopic (exact) mass is 363 g/mol. The van der Waals surface area contributed by atoms with E-state index in [0.29, 0.717) is 5.91 Å². The highest BCUT2D eigenvalue weighted by Crippen LogP contribution is 2.60. The van der Waals surface area contributed by atoms with E-state index in [0.717, 1.165) is 80.9 Å². The number of nitrogens with zero attached hydrogens (tertiary/aromatic N) is 3. The summed E-state index contributed by atoms with van der Waals surface area (Å²) in [6.07, 6.45) is 8.57. The minimum Gasteiger partial charge on any atom is -0.369 e. The molecule has 1 aromatic rings. The van der Waals surface area contributed by atoms with Crippen molar-refractivity contribution in [3.8, 4) is 6.07 Å². The van der Waals surface area contributed by atoms with Gasteiger partial charge in [0.15, 0.2) is 0 Å². The van der Waals surface area contributed by atoms with Crippen molar-refractivity contribution in [3.05, 3.63) is 29.8 Å². The largest absolute Gasteiger partial charge is 0.369 e. The van der Waals surface area contributed by atoms with Crippen LogP contribution in [0.1, 0.15) is 50.5 Å². The molecule has 0 N–H and O–H groups in total. The average Bonchev–Trinajstić information content (AvgIpc) is 2.92. The van der Waals surface area contributed by atoms with E-state index in [-0.39, 0.29) is 5.41 Å². The summed E-state index contributed by atoms with van der Waals surface area (Å²) in [6.45, 7) is 3.41. The Morgan fingerprint density at radius 1 is 0.963 bits per heavy atom. The Morgan fingerprint density at radius 2 is 1.63 bits per heavy atom. The Morgan fingerprint density at radius 3 is 2.30 bits per heavy atom. The molecule has 142 valence electrons. The van der Waals surface area contributed by atoms with E-state index in [1.165, 1.54) is 19.3 Å². The molecule has 4 heteroatoms. The van der Waals surface area contributed by atoms with Gasteiger partial charge in [-0.1, -0.05) is 12.1 Å². The van der Waals surface area contributed by atoms with Gasteiger partial charge in [0.05, 0.1) is 16.7 Å². The van der Waals surface area contributed by atoms with Gasteiger partial charge in [-0.25, -0.2) is 0 Å². The number of amides is 1. The summed E-state index contributed by atoms with van der Waals surface area (Å²) in [5.74, 6) is 2.89. The number of anilines is 1. The van der Waals surface area contributed by atoms with Crippen LogP contribution in [0.3, 0.4) is 0 Å². The van der Waals surface area contributed by atoms with Gasteiger partial charge < -0.3 is 9.80 Å². The molecule has 4 saturated carbocycles. The number of para-hydroxylation sites is 1. The minimum absolute atomic E-state index is 0.0333. The quantitative estimate of drug-likeness (QED) is 0.803. The van der Waals surface area contributed by atoms with E-state index >= 15 is 0 Å². The molecule has 0 radical (unpaired) electrons. The van der Waals surface area contributed by atoms with Gasteiger partial charge in [-0.05, 0) is 74.8 Å². The number of carbonyl (C=O) groups is 1. The Kier molecular flexibility index (Phi) is 4.15. The van der Waals surface area contributed by atoms with Gasteiger partial charge in [-0.3, -0.25) is 4.79 Å². The molecule has 1 saturated heterocycles. The third kappa shape index (κ3) is 2.92. The normalized spacial score (nSPS) is 35.0. The second-order valence-electron chi connectivity index (χ2n) is 9.46. The van der Waals surface area contributed by atoms with Crippen molar-refractivity contribution < 1.29 is 4.79 Å². The van der Waals surface area contributed by atoms with Gasteiger partial charge in [0.2, 0.25) is 5.91 Å².